The lowest BCUT2D eigenvalue weighted by molar-refractivity contribution is -0.112. The normalized spacial score (nSPS) is 11.1. The van der Waals surface area contributed by atoms with E-state index >= 15 is 0 Å². The summed E-state index contributed by atoms with van der Waals surface area (Å²) in [6.07, 6.45) is 1.04. The molecule has 0 atom stereocenters. The molecule has 8 heteroatoms. The topological polar surface area (TPSA) is 115 Å². The second kappa shape index (κ2) is 6.62. The van der Waals surface area contributed by atoms with Gasteiger partial charge in [0.2, 0.25) is 0 Å². The van der Waals surface area contributed by atoms with Crippen LogP contribution in [0, 0.1) is 0 Å². The van der Waals surface area contributed by atoms with Crippen LogP contribution < -0.4 is 11.2 Å². The van der Waals surface area contributed by atoms with Crippen molar-refractivity contribution in [3.05, 3.63) is 46.5 Å². The number of nitrogens with one attached hydrogen (secondary N) is 1. The fourth-order valence-corrected chi connectivity index (χ4v) is 2.10. The second-order valence-electron chi connectivity index (χ2n) is 3.92. The Hall–Kier alpha value is -2.74. The molecule has 108 valence electrons. The number of hydrazone groups is 1. The van der Waals surface area contributed by atoms with Gasteiger partial charge in [-0.1, -0.05) is 6.07 Å². The number of nitrogens with two attached hydrogens (primary N) is 1. The summed E-state index contributed by atoms with van der Waals surface area (Å²) in [5.74, 6) is -1.77. The van der Waals surface area contributed by atoms with Crippen molar-refractivity contribution in [1.29, 1.82) is 0 Å². The minimum atomic E-state index is -0.875. The third-order valence-corrected chi connectivity index (χ3v) is 3.36. The standard InChI is InChI=1S/C13H11N3O4S/c14-12(18)8(7-9(17)11-4-2-6-21-11)15-16-13(19)10-3-1-5-20-10/h1-6H,7H2,(H2,14,18)(H,16,19). The molecule has 0 unspecified atom stereocenters. The molecule has 0 saturated heterocycles. The van der Waals surface area contributed by atoms with Gasteiger partial charge in [0.15, 0.2) is 11.5 Å². The number of hydrogen-bond donors (Lipinski definition) is 2. The molecule has 2 aromatic heterocycles. The summed E-state index contributed by atoms with van der Waals surface area (Å²) < 4.78 is 4.87. The van der Waals surface area contributed by atoms with E-state index < -0.39 is 11.8 Å². The Kier molecular flexibility index (Phi) is 4.62. The van der Waals surface area contributed by atoms with Crippen LogP contribution in [0.5, 0.6) is 0 Å². The molecule has 21 heavy (non-hydrogen) atoms. The second-order valence-corrected chi connectivity index (χ2v) is 4.87. The average molecular weight is 305 g/mol. The van der Waals surface area contributed by atoms with Crippen LogP contribution in [0.3, 0.4) is 0 Å². The highest BCUT2D eigenvalue weighted by molar-refractivity contribution is 7.12. The van der Waals surface area contributed by atoms with Crippen LogP contribution in [0.4, 0.5) is 0 Å². The number of carbonyl (C=O) groups excluding carboxylic acids is 3. The van der Waals surface area contributed by atoms with Crippen molar-refractivity contribution in [3.8, 4) is 0 Å². The Labute approximate surface area is 123 Å². The first-order valence-electron chi connectivity index (χ1n) is 5.85. The number of primary amides is 1. The molecule has 7 nitrogen and oxygen atoms in total. The molecule has 0 aromatic carbocycles. The van der Waals surface area contributed by atoms with Crippen LogP contribution in [0.25, 0.3) is 0 Å². The molecule has 2 rings (SSSR count). The van der Waals surface area contributed by atoms with E-state index in [9.17, 15) is 14.4 Å². The zero-order valence-electron chi connectivity index (χ0n) is 10.7. The maximum Gasteiger partial charge on any atom is 0.307 e. The number of rotatable bonds is 6. The van der Waals surface area contributed by atoms with Crippen molar-refractivity contribution in [3.63, 3.8) is 0 Å². The number of amides is 2. The number of nitrogens with zero attached hydrogens (tertiary/aromatic N) is 1. The molecule has 0 aliphatic carbocycles. The average Bonchev–Trinajstić information content (AvgIpc) is 3.14. The van der Waals surface area contributed by atoms with E-state index in [2.05, 4.69) is 10.5 Å². The number of Topliss-reactive ketones (excluding diaryl/α,β-unsaturated/α-hetero) is 1. The molecule has 0 radical (unpaired) electrons. The van der Waals surface area contributed by atoms with Crippen molar-refractivity contribution < 1.29 is 18.8 Å². The van der Waals surface area contributed by atoms with Crippen LogP contribution >= 0.6 is 11.3 Å². The summed E-state index contributed by atoms with van der Waals surface area (Å²) in [4.78, 5) is 35.2. The largest absolute Gasteiger partial charge is 0.459 e. The highest BCUT2D eigenvalue weighted by atomic mass is 32.1. The van der Waals surface area contributed by atoms with Gasteiger partial charge >= 0.3 is 5.91 Å². The number of hydrogen-bond acceptors (Lipinski definition) is 6. The highest BCUT2D eigenvalue weighted by Crippen LogP contribution is 2.11. The zero-order chi connectivity index (χ0) is 15.2. The Bertz CT molecular complexity index is 674. The Morgan fingerprint density at radius 3 is 2.67 bits per heavy atom. The van der Waals surface area contributed by atoms with Crippen molar-refractivity contribution >= 4 is 34.6 Å². The van der Waals surface area contributed by atoms with Crippen LogP contribution in [0.15, 0.2) is 45.4 Å². The fraction of sp³-hybridized carbons (Fsp3) is 0.0769. The van der Waals surface area contributed by atoms with Gasteiger partial charge in [-0.15, -0.1) is 11.3 Å². The first kappa shape index (κ1) is 14.7. The van der Waals surface area contributed by atoms with Crippen LogP contribution in [-0.2, 0) is 4.79 Å². The number of ketones is 1. The van der Waals surface area contributed by atoms with Crippen LogP contribution in [-0.4, -0.2) is 23.3 Å². The maximum atomic E-state index is 11.9. The van der Waals surface area contributed by atoms with Gasteiger partial charge in [0.25, 0.3) is 5.91 Å². The first-order valence-corrected chi connectivity index (χ1v) is 6.73. The monoisotopic (exact) mass is 305 g/mol. The van der Waals surface area contributed by atoms with E-state index in [1.807, 2.05) is 0 Å². The minimum Gasteiger partial charge on any atom is -0.459 e. The molecular formula is C13H11N3O4S. The summed E-state index contributed by atoms with van der Waals surface area (Å²) in [6.45, 7) is 0. The molecule has 2 aromatic rings. The summed E-state index contributed by atoms with van der Waals surface area (Å²) >= 11 is 1.25. The van der Waals surface area contributed by atoms with Gasteiger partial charge in [0.05, 0.1) is 17.6 Å². The van der Waals surface area contributed by atoms with Gasteiger partial charge in [0.1, 0.15) is 5.71 Å². The van der Waals surface area contributed by atoms with Gasteiger partial charge in [0, 0.05) is 0 Å². The van der Waals surface area contributed by atoms with E-state index in [0.29, 0.717) is 4.88 Å². The number of thiophene rings is 1. The number of furan rings is 1. The van der Waals surface area contributed by atoms with Gasteiger partial charge in [-0.25, -0.2) is 5.43 Å². The zero-order valence-corrected chi connectivity index (χ0v) is 11.6. The predicted molar refractivity (Wildman–Crippen MR) is 76.1 cm³/mol. The van der Waals surface area contributed by atoms with Gasteiger partial charge in [-0.3, -0.25) is 14.4 Å². The highest BCUT2D eigenvalue weighted by Gasteiger charge is 2.16. The van der Waals surface area contributed by atoms with Crippen LogP contribution in [0.1, 0.15) is 26.6 Å². The lowest BCUT2D eigenvalue weighted by Crippen LogP contribution is -2.29. The van der Waals surface area contributed by atoms with Gasteiger partial charge in [-0.2, -0.15) is 5.10 Å². The molecule has 0 aliphatic rings. The lowest BCUT2D eigenvalue weighted by Gasteiger charge is -2.02. The summed E-state index contributed by atoms with van der Waals surface area (Å²) in [5.41, 5.74) is 7.04. The molecule has 3 N–H and O–H groups in total. The molecule has 2 amide bonds. The van der Waals surface area contributed by atoms with Crippen molar-refractivity contribution in [2.75, 3.05) is 0 Å². The summed E-state index contributed by atoms with van der Waals surface area (Å²) in [5, 5.41) is 5.34. The fourth-order valence-electron chi connectivity index (χ4n) is 1.44. The molecule has 0 bridgehead atoms. The third-order valence-electron chi connectivity index (χ3n) is 2.45. The molecule has 2 heterocycles. The van der Waals surface area contributed by atoms with E-state index in [1.54, 1.807) is 17.5 Å². The molecular weight excluding hydrogens is 294 g/mol. The van der Waals surface area contributed by atoms with Crippen LogP contribution in [0.2, 0.25) is 0 Å². The minimum absolute atomic E-state index is 0.0344. The summed E-state index contributed by atoms with van der Waals surface area (Å²) in [6, 6.07) is 6.32. The lowest BCUT2D eigenvalue weighted by atomic mass is 10.1. The quantitative estimate of drug-likeness (QED) is 0.473. The predicted octanol–water partition coefficient (Wildman–Crippen LogP) is 1.19. The van der Waals surface area contributed by atoms with Crippen molar-refractivity contribution in [2.24, 2.45) is 10.8 Å². The molecule has 0 fully saturated rings. The molecule has 0 spiro atoms. The Morgan fingerprint density at radius 1 is 1.29 bits per heavy atom. The smallest absolute Gasteiger partial charge is 0.307 e. The first-order chi connectivity index (χ1) is 10.1. The Morgan fingerprint density at radius 2 is 2.10 bits per heavy atom. The Balaban J connectivity index is 2.05. The van der Waals surface area contributed by atoms with E-state index in [-0.39, 0.29) is 23.7 Å². The maximum absolute atomic E-state index is 11.9. The van der Waals surface area contributed by atoms with Gasteiger partial charge < -0.3 is 10.2 Å². The van der Waals surface area contributed by atoms with Crippen molar-refractivity contribution in [2.45, 2.75) is 6.42 Å². The SMILES string of the molecule is NC(=O)C(CC(=O)c1cccs1)=NNC(=O)c1ccco1. The van der Waals surface area contributed by atoms with E-state index in [1.165, 1.54) is 29.7 Å². The van der Waals surface area contributed by atoms with Gasteiger partial charge in [-0.05, 0) is 23.6 Å². The number of carbonyl (C=O) groups is 3. The van der Waals surface area contributed by atoms with E-state index in [4.69, 9.17) is 10.2 Å². The molecule has 0 aliphatic heterocycles. The summed E-state index contributed by atoms with van der Waals surface area (Å²) in [7, 11) is 0. The van der Waals surface area contributed by atoms with Crippen molar-refractivity contribution in [1.82, 2.24) is 5.43 Å². The third kappa shape index (κ3) is 3.86. The molecule has 0 saturated carbocycles. The van der Waals surface area contributed by atoms with E-state index in [0.717, 1.165) is 0 Å².